The van der Waals surface area contributed by atoms with Gasteiger partial charge in [0.2, 0.25) is 0 Å². The highest BCUT2D eigenvalue weighted by Gasteiger charge is 2.25. The first kappa shape index (κ1) is 13.8. The van der Waals surface area contributed by atoms with E-state index in [-0.39, 0.29) is 0 Å². The van der Waals surface area contributed by atoms with Crippen LogP contribution < -0.4 is 0 Å². The van der Waals surface area contributed by atoms with E-state index in [1.54, 1.807) is 0 Å². The summed E-state index contributed by atoms with van der Waals surface area (Å²) in [6.07, 6.45) is 1.17. The van der Waals surface area contributed by atoms with Crippen molar-refractivity contribution in [2.75, 3.05) is 14.2 Å². The van der Waals surface area contributed by atoms with E-state index in [1.807, 2.05) is 0 Å². The number of unbranched alkanes of at least 4 members (excludes halogenated alkanes) is 2. The van der Waals surface area contributed by atoms with Crippen LogP contribution in [0.25, 0.3) is 0 Å². The van der Waals surface area contributed by atoms with Gasteiger partial charge in [0.05, 0.1) is 6.10 Å². The minimum atomic E-state index is -0.971. The largest absolute Gasteiger partial charge is 0.390 e. The van der Waals surface area contributed by atoms with Crippen LogP contribution >= 0.6 is 0 Å². The summed E-state index contributed by atoms with van der Waals surface area (Å²) in [7, 11) is 2.88. The van der Waals surface area contributed by atoms with Gasteiger partial charge in [-0.2, -0.15) is 0 Å². The number of aliphatic hydroxyl groups is 2. The Morgan fingerprint density at radius 1 is 1.07 bits per heavy atom. The molecule has 2 N–H and O–H groups in total. The molecule has 0 aliphatic carbocycles. The lowest BCUT2D eigenvalue weighted by Crippen LogP contribution is -2.39. The van der Waals surface area contributed by atoms with Crippen LogP contribution in [-0.2, 0) is 9.47 Å². The van der Waals surface area contributed by atoms with E-state index in [0.29, 0.717) is 6.42 Å². The van der Waals surface area contributed by atoms with Gasteiger partial charge < -0.3 is 19.7 Å². The summed E-state index contributed by atoms with van der Waals surface area (Å²) in [5.41, 5.74) is 0. The second-order valence-electron chi connectivity index (χ2n) is 3.39. The molecule has 86 valence electrons. The van der Waals surface area contributed by atoms with Crippen molar-refractivity contribution in [3.05, 3.63) is 0 Å². The average Bonchev–Trinajstić information content (AvgIpc) is 2.19. The van der Waals surface area contributed by atoms with Crippen molar-refractivity contribution >= 4 is 0 Å². The highest BCUT2D eigenvalue weighted by atomic mass is 16.7. The predicted molar refractivity (Wildman–Crippen MR) is 54.0 cm³/mol. The van der Waals surface area contributed by atoms with Gasteiger partial charge >= 0.3 is 0 Å². The Morgan fingerprint density at radius 2 is 1.64 bits per heavy atom. The molecule has 0 aromatic rings. The molecule has 0 aromatic heterocycles. The van der Waals surface area contributed by atoms with Gasteiger partial charge in [-0.1, -0.05) is 26.2 Å². The Morgan fingerprint density at radius 3 is 2.07 bits per heavy atom. The molecule has 0 heterocycles. The number of rotatable bonds is 8. The molecule has 0 saturated carbocycles. The Kier molecular flexibility index (Phi) is 8.08. The van der Waals surface area contributed by atoms with Crippen molar-refractivity contribution in [1.82, 2.24) is 0 Å². The maximum atomic E-state index is 9.58. The first-order valence-electron chi connectivity index (χ1n) is 5.09. The quantitative estimate of drug-likeness (QED) is 0.458. The number of aliphatic hydroxyl groups excluding tert-OH is 2. The topological polar surface area (TPSA) is 58.9 Å². The highest BCUT2D eigenvalue weighted by Crippen LogP contribution is 2.11. The first-order valence-corrected chi connectivity index (χ1v) is 5.09. The molecule has 0 radical (unpaired) electrons. The molecular weight excluding hydrogens is 184 g/mol. The second kappa shape index (κ2) is 8.17. The van der Waals surface area contributed by atoms with Crippen molar-refractivity contribution in [3.8, 4) is 0 Å². The van der Waals surface area contributed by atoms with Crippen molar-refractivity contribution in [1.29, 1.82) is 0 Å². The molecule has 0 bridgehead atoms. The maximum absolute atomic E-state index is 9.58. The average molecular weight is 206 g/mol. The third-order valence-electron chi connectivity index (χ3n) is 2.24. The van der Waals surface area contributed by atoms with Crippen LogP contribution in [0.1, 0.15) is 32.6 Å². The van der Waals surface area contributed by atoms with Crippen LogP contribution in [0.5, 0.6) is 0 Å². The third kappa shape index (κ3) is 4.91. The van der Waals surface area contributed by atoms with E-state index in [1.165, 1.54) is 14.2 Å². The van der Waals surface area contributed by atoms with Crippen molar-refractivity contribution in [2.24, 2.45) is 0 Å². The van der Waals surface area contributed by atoms with Crippen molar-refractivity contribution < 1.29 is 19.7 Å². The standard InChI is InChI=1S/C10H22O4/c1-4-5-6-7-8(11)9(12)10(13-2)14-3/h8-12H,4-7H2,1-3H3/t8-,9-/m0/s1. The van der Waals surface area contributed by atoms with Crippen molar-refractivity contribution in [2.45, 2.75) is 51.1 Å². The summed E-state index contributed by atoms with van der Waals surface area (Å²) in [5.74, 6) is 0. The Labute approximate surface area is 85.8 Å². The van der Waals surface area contributed by atoms with Crippen molar-refractivity contribution in [3.63, 3.8) is 0 Å². The van der Waals surface area contributed by atoms with Gasteiger partial charge in [0.1, 0.15) is 6.10 Å². The molecule has 4 heteroatoms. The van der Waals surface area contributed by atoms with E-state index in [2.05, 4.69) is 6.92 Å². The molecule has 4 nitrogen and oxygen atoms in total. The molecule has 0 aromatic carbocycles. The van der Waals surface area contributed by atoms with E-state index >= 15 is 0 Å². The summed E-state index contributed by atoms with van der Waals surface area (Å²) in [5, 5.41) is 19.1. The second-order valence-corrected chi connectivity index (χ2v) is 3.39. The molecular formula is C10H22O4. The fraction of sp³-hybridized carbons (Fsp3) is 1.00. The third-order valence-corrected chi connectivity index (χ3v) is 2.24. The lowest BCUT2D eigenvalue weighted by atomic mass is 10.1. The monoisotopic (exact) mass is 206 g/mol. The Hall–Kier alpha value is -0.160. The molecule has 0 unspecified atom stereocenters. The molecule has 0 rings (SSSR count). The van der Waals surface area contributed by atoms with E-state index in [9.17, 15) is 10.2 Å². The molecule has 0 aliphatic rings. The van der Waals surface area contributed by atoms with Crippen LogP contribution in [0, 0.1) is 0 Å². The summed E-state index contributed by atoms with van der Waals surface area (Å²) >= 11 is 0. The van der Waals surface area contributed by atoms with Crippen LogP contribution in [0.2, 0.25) is 0 Å². The maximum Gasteiger partial charge on any atom is 0.185 e. The van der Waals surface area contributed by atoms with Gasteiger partial charge in [-0.3, -0.25) is 0 Å². The number of methoxy groups -OCH3 is 2. The highest BCUT2D eigenvalue weighted by molar-refractivity contribution is 4.70. The zero-order chi connectivity index (χ0) is 11.0. The van der Waals surface area contributed by atoms with Crippen LogP contribution in [0.3, 0.4) is 0 Å². The summed E-state index contributed by atoms with van der Waals surface area (Å²) in [6.45, 7) is 2.09. The van der Waals surface area contributed by atoms with Crippen LogP contribution in [0.4, 0.5) is 0 Å². The fourth-order valence-electron chi connectivity index (χ4n) is 1.33. The minimum Gasteiger partial charge on any atom is -0.390 e. The van der Waals surface area contributed by atoms with Crippen LogP contribution in [0.15, 0.2) is 0 Å². The van der Waals surface area contributed by atoms with Gasteiger partial charge in [-0.15, -0.1) is 0 Å². The smallest absolute Gasteiger partial charge is 0.185 e. The van der Waals surface area contributed by atoms with E-state index < -0.39 is 18.5 Å². The fourth-order valence-corrected chi connectivity index (χ4v) is 1.33. The first-order chi connectivity index (χ1) is 6.67. The molecule has 0 saturated heterocycles. The van der Waals surface area contributed by atoms with Crippen LogP contribution in [-0.4, -0.2) is 42.9 Å². The van der Waals surface area contributed by atoms with E-state index in [4.69, 9.17) is 9.47 Å². The zero-order valence-electron chi connectivity index (χ0n) is 9.27. The molecule has 14 heavy (non-hydrogen) atoms. The van der Waals surface area contributed by atoms with E-state index in [0.717, 1.165) is 19.3 Å². The summed E-state index contributed by atoms with van der Waals surface area (Å²) in [4.78, 5) is 0. The molecule has 0 amide bonds. The lowest BCUT2D eigenvalue weighted by Gasteiger charge is -2.24. The predicted octanol–water partition coefficient (Wildman–Crippen LogP) is 0.907. The Balaban J connectivity index is 3.78. The van der Waals surface area contributed by atoms with Gasteiger partial charge in [0.15, 0.2) is 6.29 Å². The van der Waals surface area contributed by atoms with Gasteiger partial charge in [0, 0.05) is 14.2 Å². The summed E-state index contributed by atoms with van der Waals surface area (Å²) < 4.78 is 9.71. The van der Waals surface area contributed by atoms with Gasteiger partial charge in [0.25, 0.3) is 0 Å². The molecule has 2 atom stereocenters. The number of hydrogen-bond acceptors (Lipinski definition) is 4. The number of hydrogen-bond donors (Lipinski definition) is 2. The van der Waals surface area contributed by atoms with Gasteiger partial charge in [-0.25, -0.2) is 0 Å². The lowest BCUT2D eigenvalue weighted by molar-refractivity contribution is -0.191. The zero-order valence-corrected chi connectivity index (χ0v) is 9.27. The normalized spacial score (nSPS) is 15.9. The molecule has 0 fully saturated rings. The minimum absolute atomic E-state index is 0.582. The molecule has 0 aliphatic heterocycles. The van der Waals surface area contributed by atoms with Gasteiger partial charge in [-0.05, 0) is 6.42 Å². The SMILES string of the molecule is CCCCC[C@H](O)[C@H](O)C(OC)OC. The Bertz CT molecular complexity index is 125. The number of ether oxygens (including phenoxy) is 2. The summed E-state index contributed by atoms with van der Waals surface area (Å²) in [6, 6.07) is 0. The molecule has 0 spiro atoms.